The lowest BCUT2D eigenvalue weighted by Gasteiger charge is -2.33. The monoisotopic (exact) mass is 497 g/mol. The van der Waals surface area contributed by atoms with Crippen LogP contribution in [0.15, 0.2) is 71.6 Å². The van der Waals surface area contributed by atoms with E-state index in [4.69, 9.17) is 15.2 Å². The number of sulfone groups is 1. The molecule has 0 aromatic heterocycles. The highest BCUT2D eigenvalue weighted by Crippen LogP contribution is 2.35. The molecule has 3 aromatic rings. The van der Waals surface area contributed by atoms with Crippen LogP contribution in [0.3, 0.4) is 0 Å². The minimum atomic E-state index is -3.99. The molecule has 1 aliphatic rings. The first-order chi connectivity index (χ1) is 16.7. The van der Waals surface area contributed by atoms with Crippen molar-refractivity contribution in [3.05, 3.63) is 72.3 Å². The standard InChI is InChI=1S/C26H27NO7S/c27-25(30)26(9-12-33-13-10-26)35(31,32)24-6-4-23(5-7-24)34-11-8-18-2-1-3-19(14-18)20-15-21(28)17-22(29)16-20/h1-7,14-17,28-29H,8-13H2,(H2,27,30). The van der Waals surface area contributed by atoms with E-state index in [9.17, 15) is 23.4 Å². The van der Waals surface area contributed by atoms with Crippen LogP contribution in [0.2, 0.25) is 0 Å². The molecule has 1 fully saturated rings. The van der Waals surface area contributed by atoms with Crippen LogP contribution in [0, 0.1) is 0 Å². The van der Waals surface area contributed by atoms with Gasteiger partial charge in [-0.05, 0) is 65.9 Å². The quantitative estimate of drug-likeness (QED) is 0.435. The molecule has 8 nitrogen and oxygen atoms in total. The first-order valence-electron chi connectivity index (χ1n) is 11.2. The average molecular weight is 498 g/mol. The van der Waals surface area contributed by atoms with Gasteiger partial charge in [-0.2, -0.15) is 0 Å². The Morgan fingerprint density at radius 2 is 1.60 bits per heavy atom. The number of ether oxygens (including phenoxy) is 2. The van der Waals surface area contributed by atoms with Crippen molar-refractivity contribution in [3.8, 4) is 28.4 Å². The lowest BCUT2D eigenvalue weighted by atomic mass is 9.98. The van der Waals surface area contributed by atoms with Crippen molar-refractivity contribution in [3.63, 3.8) is 0 Å². The molecule has 0 aliphatic carbocycles. The Kier molecular flexibility index (Phi) is 7.00. The SMILES string of the molecule is NC(=O)C1(S(=O)(=O)c2ccc(OCCc3cccc(-c4cc(O)cc(O)c4)c3)cc2)CCOCC1. The predicted octanol–water partition coefficient (Wildman–Crippen LogP) is 3.19. The van der Waals surface area contributed by atoms with E-state index in [0.29, 0.717) is 24.3 Å². The number of carbonyl (C=O) groups excluding carboxylic acids is 1. The van der Waals surface area contributed by atoms with E-state index in [-0.39, 0.29) is 42.4 Å². The van der Waals surface area contributed by atoms with Gasteiger partial charge in [-0.25, -0.2) is 8.42 Å². The van der Waals surface area contributed by atoms with Gasteiger partial charge in [-0.3, -0.25) is 4.79 Å². The fourth-order valence-corrected chi connectivity index (χ4v) is 6.16. The van der Waals surface area contributed by atoms with E-state index in [1.54, 1.807) is 24.3 Å². The van der Waals surface area contributed by atoms with Crippen LogP contribution in [0.5, 0.6) is 17.2 Å². The number of aromatic hydroxyl groups is 2. The molecule has 1 amide bonds. The molecule has 4 rings (SSSR count). The molecule has 0 spiro atoms. The van der Waals surface area contributed by atoms with E-state index in [0.717, 1.165) is 11.1 Å². The average Bonchev–Trinajstić information content (AvgIpc) is 2.84. The van der Waals surface area contributed by atoms with Gasteiger partial charge in [0.25, 0.3) is 0 Å². The number of phenols is 2. The Morgan fingerprint density at radius 1 is 0.943 bits per heavy atom. The van der Waals surface area contributed by atoms with Crippen LogP contribution < -0.4 is 10.5 Å². The summed E-state index contributed by atoms with van der Waals surface area (Å²) < 4.78 is 35.8. The second-order valence-corrected chi connectivity index (χ2v) is 10.7. The maximum atomic E-state index is 13.2. The molecular weight excluding hydrogens is 470 g/mol. The number of nitrogens with two attached hydrogens (primary N) is 1. The summed E-state index contributed by atoms with van der Waals surface area (Å²) in [6.07, 6.45) is 0.651. The van der Waals surface area contributed by atoms with E-state index >= 15 is 0 Å². The minimum absolute atomic E-state index is 0.0160. The normalized spacial score (nSPS) is 15.4. The Balaban J connectivity index is 1.42. The molecule has 0 atom stereocenters. The Bertz CT molecular complexity index is 1290. The van der Waals surface area contributed by atoms with Crippen molar-refractivity contribution in [1.82, 2.24) is 0 Å². The first-order valence-corrected chi connectivity index (χ1v) is 12.7. The van der Waals surface area contributed by atoms with E-state index in [2.05, 4.69) is 0 Å². The van der Waals surface area contributed by atoms with Crippen LogP contribution in [-0.4, -0.2) is 49.1 Å². The third-order valence-corrected chi connectivity index (χ3v) is 8.75. The molecule has 184 valence electrons. The topological polar surface area (TPSA) is 136 Å². The Labute approximate surface area is 203 Å². The van der Waals surface area contributed by atoms with Gasteiger partial charge in [0.15, 0.2) is 14.6 Å². The molecular formula is C26H27NO7S. The van der Waals surface area contributed by atoms with E-state index in [1.807, 2.05) is 24.3 Å². The summed E-state index contributed by atoms with van der Waals surface area (Å²) in [5.41, 5.74) is 8.05. The summed E-state index contributed by atoms with van der Waals surface area (Å²) in [7, 11) is -3.99. The molecule has 0 saturated carbocycles. The molecule has 35 heavy (non-hydrogen) atoms. The number of carbonyl (C=O) groups is 1. The van der Waals surface area contributed by atoms with Crippen LogP contribution in [0.4, 0.5) is 0 Å². The third kappa shape index (κ3) is 5.11. The van der Waals surface area contributed by atoms with Gasteiger partial charge >= 0.3 is 0 Å². The summed E-state index contributed by atoms with van der Waals surface area (Å²) in [6, 6.07) is 18.1. The van der Waals surface area contributed by atoms with Gasteiger partial charge < -0.3 is 25.4 Å². The fourth-order valence-electron chi connectivity index (χ4n) is 4.24. The van der Waals surface area contributed by atoms with E-state index in [1.165, 1.54) is 18.2 Å². The van der Waals surface area contributed by atoms with Gasteiger partial charge in [-0.1, -0.05) is 24.3 Å². The van der Waals surface area contributed by atoms with Crippen LogP contribution in [0.1, 0.15) is 18.4 Å². The van der Waals surface area contributed by atoms with Crippen molar-refractivity contribution in [2.75, 3.05) is 19.8 Å². The third-order valence-electron chi connectivity index (χ3n) is 6.22. The number of primary amides is 1. The Morgan fingerprint density at radius 3 is 2.23 bits per heavy atom. The fraction of sp³-hybridized carbons (Fsp3) is 0.269. The first kappa shape index (κ1) is 24.6. The highest BCUT2D eigenvalue weighted by Gasteiger charge is 2.51. The minimum Gasteiger partial charge on any atom is -0.508 e. The lowest BCUT2D eigenvalue weighted by molar-refractivity contribution is -0.122. The van der Waals surface area contributed by atoms with Crippen LogP contribution in [-0.2, 0) is 25.8 Å². The molecule has 4 N–H and O–H groups in total. The van der Waals surface area contributed by atoms with Crippen LogP contribution >= 0.6 is 0 Å². The molecule has 0 unspecified atom stereocenters. The number of rotatable bonds is 8. The second kappa shape index (κ2) is 9.97. The Hall–Kier alpha value is -3.56. The smallest absolute Gasteiger partial charge is 0.239 e. The highest BCUT2D eigenvalue weighted by atomic mass is 32.2. The van der Waals surface area contributed by atoms with Crippen LogP contribution in [0.25, 0.3) is 11.1 Å². The predicted molar refractivity (Wildman–Crippen MR) is 130 cm³/mol. The summed E-state index contributed by atoms with van der Waals surface area (Å²) in [5.74, 6) is -0.391. The second-order valence-electron chi connectivity index (χ2n) is 8.48. The maximum absolute atomic E-state index is 13.2. The maximum Gasteiger partial charge on any atom is 0.239 e. The molecule has 3 aromatic carbocycles. The molecule has 9 heteroatoms. The number of benzene rings is 3. The van der Waals surface area contributed by atoms with Gasteiger partial charge in [-0.15, -0.1) is 0 Å². The van der Waals surface area contributed by atoms with Gasteiger partial charge in [0, 0.05) is 25.7 Å². The van der Waals surface area contributed by atoms with Crippen molar-refractivity contribution >= 4 is 15.7 Å². The zero-order chi connectivity index (χ0) is 25.1. The number of amides is 1. The van der Waals surface area contributed by atoms with Crippen molar-refractivity contribution < 1.29 is 32.9 Å². The largest absolute Gasteiger partial charge is 0.508 e. The molecule has 1 heterocycles. The number of hydrogen-bond acceptors (Lipinski definition) is 7. The highest BCUT2D eigenvalue weighted by molar-refractivity contribution is 7.93. The molecule has 1 aliphatic heterocycles. The number of phenolic OH excluding ortho intramolecular Hbond substituents is 2. The van der Waals surface area contributed by atoms with Gasteiger partial charge in [0.2, 0.25) is 5.91 Å². The van der Waals surface area contributed by atoms with Gasteiger partial charge in [0.05, 0.1) is 11.5 Å². The lowest BCUT2D eigenvalue weighted by Crippen LogP contribution is -2.53. The van der Waals surface area contributed by atoms with E-state index < -0.39 is 20.5 Å². The van der Waals surface area contributed by atoms with Crippen molar-refractivity contribution in [2.24, 2.45) is 5.73 Å². The zero-order valence-electron chi connectivity index (χ0n) is 19.0. The summed E-state index contributed by atoms with van der Waals surface area (Å²) in [4.78, 5) is 12.1. The van der Waals surface area contributed by atoms with Crippen molar-refractivity contribution in [2.45, 2.75) is 28.9 Å². The summed E-state index contributed by atoms with van der Waals surface area (Å²) in [6.45, 7) is 0.678. The van der Waals surface area contributed by atoms with Gasteiger partial charge in [0.1, 0.15) is 17.2 Å². The molecule has 0 radical (unpaired) electrons. The molecule has 1 saturated heterocycles. The number of hydrogen-bond donors (Lipinski definition) is 3. The summed E-state index contributed by atoms with van der Waals surface area (Å²) in [5, 5.41) is 19.5. The summed E-state index contributed by atoms with van der Waals surface area (Å²) >= 11 is 0. The molecule has 0 bridgehead atoms. The van der Waals surface area contributed by atoms with Crippen molar-refractivity contribution in [1.29, 1.82) is 0 Å². The zero-order valence-corrected chi connectivity index (χ0v) is 19.8.